The molecule has 1 unspecified atom stereocenters. The Morgan fingerprint density at radius 3 is 2.44 bits per heavy atom. The fraction of sp³-hybridized carbons (Fsp3) is 1.00. The molecule has 0 aromatic heterocycles. The van der Waals surface area contributed by atoms with E-state index in [2.05, 4.69) is 24.1 Å². The Morgan fingerprint density at radius 2 is 1.94 bits per heavy atom. The molecule has 0 aliphatic heterocycles. The summed E-state index contributed by atoms with van der Waals surface area (Å²) in [5.41, 5.74) is -0.0439. The van der Waals surface area contributed by atoms with E-state index in [1.807, 2.05) is 0 Å². The van der Waals surface area contributed by atoms with Gasteiger partial charge in [-0.05, 0) is 58.5 Å². The molecule has 0 radical (unpaired) electrons. The standard InChI is InChI=1S/C15H30N2O/c1-3-17(14-8-9-14)11-5-4-10-15(2,12-18)16-13-6-7-13/h13-14,16,18H,3-12H2,1-2H3. The van der Waals surface area contributed by atoms with Gasteiger partial charge in [0.25, 0.3) is 0 Å². The van der Waals surface area contributed by atoms with Gasteiger partial charge in [0.15, 0.2) is 0 Å². The van der Waals surface area contributed by atoms with Crippen molar-refractivity contribution in [1.82, 2.24) is 10.2 Å². The highest BCUT2D eigenvalue weighted by Gasteiger charge is 2.31. The molecule has 0 heterocycles. The van der Waals surface area contributed by atoms with Gasteiger partial charge in [0.05, 0.1) is 6.61 Å². The van der Waals surface area contributed by atoms with Gasteiger partial charge in [0.2, 0.25) is 0 Å². The van der Waals surface area contributed by atoms with Crippen LogP contribution in [0.2, 0.25) is 0 Å². The Kier molecular flexibility index (Phi) is 5.05. The Hall–Kier alpha value is -0.120. The zero-order chi connectivity index (χ0) is 13.0. The smallest absolute Gasteiger partial charge is 0.0610 e. The summed E-state index contributed by atoms with van der Waals surface area (Å²) in [6, 6.07) is 1.57. The van der Waals surface area contributed by atoms with Crippen molar-refractivity contribution in [3.8, 4) is 0 Å². The second-order valence-electron chi connectivity index (χ2n) is 6.45. The number of nitrogens with zero attached hydrogens (tertiary/aromatic N) is 1. The van der Waals surface area contributed by atoms with Crippen LogP contribution in [0.1, 0.15) is 58.8 Å². The van der Waals surface area contributed by atoms with Crippen molar-refractivity contribution in [3.05, 3.63) is 0 Å². The maximum atomic E-state index is 9.54. The third kappa shape index (κ3) is 4.52. The molecule has 2 fully saturated rings. The monoisotopic (exact) mass is 254 g/mol. The molecule has 0 aromatic rings. The van der Waals surface area contributed by atoms with Crippen LogP contribution in [-0.2, 0) is 0 Å². The van der Waals surface area contributed by atoms with Crippen molar-refractivity contribution >= 4 is 0 Å². The third-order valence-corrected chi connectivity index (χ3v) is 4.37. The molecule has 2 rings (SSSR count). The molecule has 0 amide bonds. The lowest BCUT2D eigenvalue weighted by Gasteiger charge is -2.29. The minimum atomic E-state index is -0.0439. The van der Waals surface area contributed by atoms with E-state index in [1.54, 1.807) is 0 Å². The maximum Gasteiger partial charge on any atom is 0.0610 e. The first-order valence-corrected chi connectivity index (χ1v) is 7.79. The van der Waals surface area contributed by atoms with Crippen LogP contribution in [0.25, 0.3) is 0 Å². The van der Waals surface area contributed by atoms with Crippen molar-refractivity contribution in [2.24, 2.45) is 0 Å². The quantitative estimate of drug-likeness (QED) is 0.586. The fourth-order valence-electron chi connectivity index (χ4n) is 2.79. The normalized spacial score (nSPS) is 23.3. The number of aliphatic hydroxyl groups excluding tert-OH is 1. The van der Waals surface area contributed by atoms with Gasteiger partial charge in [-0.25, -0.2) is 0 Å². The average Bonchev–Trinajstić information content (AvgIpc) is 3.22. The zero-order valence-electron chi connectivity index (χ0n) is 12.1. The molecule has 0 saturated heterocycles. The molecule has 18 heavy (non-hydrogen) atoms. The Morgan fingerprint density at radius 1 is 1.22 bits per heavy atom. The topological polar surface area (TPSA) is 35.5 Å². The Bertz CT molecular complexity index is 251. The molecule has 106 valence electrons. The predicted octanol–water partition coefficient (Wildman–Crippen LogP) is 2.14. The Balaban J connectivity index is 1.60. The van der Waals surface area contributed by atoms with E-state index in [9.17, 15) is 5.11 Å². The van der Waals surface area contributed by atoms with Crippen LogP contribution < -0.4 is 5.32 Å². The van der Waals surface area contributed by atoms with Crippen molar-refractivity contribution in [1.29, 1.82) is 0 Å². The van der Waals surface area contributed by atoms with Crippen molar-refractivity contribution in [2.45, 2.75) is 76.4 Å². The number of aliphatic hydroxyl groups is 1. The highest BCUT2D eigenvalue weighted by molar-refractivity contribution is 4.92. The SMILES string of the molecule is CCN(CCCCC(C)(CO)NC1CC1)C1CC1. The van der Waals surface area contributed by atoms with Gasteiger partial charge in [-0.1, -0.05) is 13.3 Å². The highest BCUT2D eigenvalue weighted by Crippen LogP contribution is 2.27. The summed E-state index contributed by atoms with van der Waals surface area (Å²) in [6.45, 7) is 7.15. The summed E-state index contributed by atoms with van der Waals surface area (Å²) in [5, 5.41) is 13.1. The molecule has 2 aliphatic carbocycles. The minimum Gasteiger partial charge on any atom is -0.394 e. The van der Waals surface area contributed by atoms with Crippen LogP contribution in [0.3, 0.4) is 0 Å². The lowest BCUT2D eigenvalue weighted by molar-refractivity contribution is 0.158. The van der Waals surface area contributed by atoms with E-state index in [1.165, 1.54) is 51.6 Å². The third-order valence-electron chi connectivity index (χ3n) is 4.37. The Labute approximate surface area is 112 Å². The van der Waals surface area contributed by atoms with Crippen LogP contribution >= 0.6 is 0 Å². The van der Waals surface area contributed by atoms with Crippen molar-refractivity contribution in [3.63, 3.8) is 0 Å². The molecule has 2 aliphatic rings. The fourth-order valence-corrected chi connectivity index (χ4v) is 2.79. The molecule has 3 nitrogen and oxygen atoms in total. The summed E-state index contributed by atoms with van der Waals surface area (Å²) < 4.78 is 0. The van der Waals surface area contributed by atoms with Gasteiger partial charge >= 0.3 is 0 Å². The predicted molar refractivity (Wildman–Crippen MR) is 75.8 cm³/mol. The van der Waals surface area contributed by atoms with Gasteiger partial charge in [0.1, 0.15) is 0 Å². The second-order valence-corrected chi connectivity index (χ2v) is 6.45. The molecular formula is C15H30N2O. The first kappa shape index (κ1) is 14.3. The lowest BCUT2D eigenvalue weighted by atomic mass is 9.95. The van der Waals surface area contributed by atoms with Gasteiger partial charge < -0.3 is 15.3 Å². The maximum absolute atomic E-state index is 9.54. The second kappa shape index (κ2) is 6.36. The molecule has 1 atom stereocenters. The summed E-state index contributed by atoms with van der Waals surface area (Å²) in [6.07, 6.45) is 8.99. The first-order chi connectivity index (χ1) is 8.67. The molecule has 0 spiro atoms. The average molecular weight is 254 g/mol. The van der Waals surface area contributed by atoms with E-state index in [4.69, 9.17) is 0 Å². The van der Waals surface area contributed by atoms with Crippen molar-refractivity contribution in [2.75, 3.05) is 19.7 Å². The van der Waals surface area contributed by atoms with Crippen LogP contribution in [0.4, 0.5) is 0 Å². The van der Waals surface area contributed by atoms with Crippen LogP contribution in [0.5, 0.6) is 0 Å². The highest BCUT2D eigenvalue weighted by atomic mass is 16.3. The van der Waals surface area contributed by atoms with Crippen LogP contribution in [-0.4, -0.2) is 47.3 Å². The summed E-state index contributed by atoms with van der Waals surface area (Å²) >= 11 is 0. The number of nitrogens with one attached hydrogen (secondary N) is 1. The molecular weight excluding hydrogens is 224 g/mol. The largest absolute Gasteiger partial charge is 0.394 e. The minimum absolute atomic E-state index is 0.0439. The number of hydrogen-bond acceptors (Lipinski definition) is 3. The summed E-state index contributed by atoms with van der Waals surface area (Å²) in [4.78, 5) is 2.62. The summed E-state index contributed by atoms with van der Waals surface area (Å²) in [5.74, 6) is 0. The van der Waals surface area contributed by atoms with E-state index in [-0.39, 0.29) is 12.1 Å². The first-order valence-electron chi connectivity index (χ1n) is 7.79. The van der Waals surface area contributed by atoms with Gasteiger partial charge in [-0.2, -0.15) is 0 Å². The van der Waals surface area contributed by atoms with E-state index in [0.29, 0.717) is 6.04 Å². The van der Waals surface area contributed by atoms with Crippen molar-refractivity contribution < 1.29 is 5.11 Å². The van der Waals surface area contributed by atoms with Crippen LogP contribution in [0.15, 0.2) is 0 Å². The molecule has 3 heteroatoms. The van der Waals surface area contributed by atoms with E-state index in [0.717, 1.165) is 12.5 Å². The molecule has 0 aromatic carbocycles. The van der Waals surface area contributed by atoms with E-state index < -0.39 is 0 Å². The number of rotatable bonds is 10. The van der Waals surface area contributed by atoms with Crippen LogP contribution in [0, 0.1) is 0 Å². The molecule has 2 N–H and O–H groups in total. The molecule has 2 saturated carbocycles. The van der Waals surface area contributed by atoms with Gasteiger partial charge in [-0.15, -0.1) is 0 Å². The van der Waals surface area contributed by atoms with Gasteiger partial charge in [-0.3, -0.25) is 0 Å². The number of hydrogen-bond donors (Lipinski definition) is 2. The number of unbranched alkanes of at least 4 members (excludes halogenated alkanes) is 1. The summed E-state index contributed by atoms with van der Waals surface area (Å²) in [7, 11) is 0. The zero-order valence-corrected chi connectivity index (χ0v) is 12.1. The lowest BCUT2D eigenvalue weighted by Crippen LogP contribution is -2.47. The van der Waals surface area contributed by atoms with E-state index >= 15 is 0 Å². The van der Waals surface area contributed by atoms with Gasteiger partial charge in [0, 0.05) is 17.6 Å². The molecule has 0 bridgehead atoms.